The summed E-state index contributed by atoms with van der Waals surface area (Å²) >= 11 is 6.06. The molecule has 0 amide bonds. The van der Waals surface area contributed by atoms with Crippen molar-refractivity contribution in [2.45, 2.75) is 18.9 Å². The number of halogens is 1. The summed E-state index contributed by atoms with van der Waals surface area (Å²) in [5.41, 5.74) is 3.68. The van der Waals surface area contributed by atoms with Crippen LogP contribution in [0.25, 0.3) is 10.8 Å². The van der Waals surface area contributed by atoms with E-state index in [9.17, 15) is 4.79 Å². The lowest BCUT2D eigenvalue weighted by molar-refractivity contribution is -0.135. The Morgan fingerprint density at radius 1 is 1.07 bits per heavy atom. The summed E-state index contributed by atoms with van der Waals surface area (Å²) in [4.78, 5) is 12.7. The van der Waals surface area contributed by atoms with Crippen molar-refractivity contribution in [2.24, 2.45) is 5.10 Å². The van der Waals surface area contributed by atoms with Crippen molar-refractivity contribution >= 4 is 39.7 Å². The first kappa shape index (κ1) is 16.3. The van der Waals surface area contributed by atoms with Crippen LogP contribution in [0, 0.1) is 0 Å². The maximum Gasteiger partial charge on any atom is 0.355 e. The number of anilines is 1. The quantitative estimate of drug-likeness (QED) is 0.599. The minimum absolute atomic E-state index is 0.0633. The van der Waals surface area contributed by atoms with Gasteiger partial charge in [0.25, 0.3) is 0 Å². The van der Waals surface area contributed by atoms with Crippen molar-refractivity contribution in [3.63, 3.8) is 0 Å². The number of hydrogen-bond donors (Lipinski definition) is 0. The van der Waals surface area contributed by atoms with Crippen molar-refractivity contribution < 1.29 is 9.53 Å². The average Bonchev–Trinajstić information content (AvgIpc) is 3.22. The summed E-state index contributed by atoms with van der Waals surface area (Å²) in [6, 6.07) is 20.0. The zero-order valence-corrected chi connectivity index (χ0v) is 15.5. The zero-order chi connectivity index (χ0) is 18.5. The minimum atomic E-state index is -0.353. The summed E-state index contributed by atoms with van der Waals surface area (Å²) in [6.07, 6.45) is 0. The zero-order valence-electron chi connectivity index (χ0n) is 14.7. The van der Waals surface area contributed by atoms with Gasteiger partial charge in [-0.25, -0.2) is 4.79 Å². The maximum atomic E-state index is 12.7. The lowest BCUT2D eigenvalue weighted by Gasteiger charge is -2.24. The molecule has 0 saturated heterocycles. The number of hydrogen-bond acceptors (Lipinski definition) is 4. The van der Waals surface area contributed by atoms with Gasteiger partial charge in [-0.3, -0.25) is 5.01 Å². The molecular weight excluding hydrogens is 360 g/mol. The number of benzene rings is 3. The molecule has 134 valence electrons. The van der Waals surface area contributed by atoms with E-state index in [0.717, 1.165) is 11.3 Å². The Balaban J connectivity index is 1.72. The molecule has 5 rings (SSSR count). The largest absolute Gasteiger partial charge is 0.461 e. The molecule has 1 aliphatic heterocycles. The molecule has 2 unspecified atom stereocenters. The first-order valence-electron chi connectivity index (χ1n) is 9.01. The minimum Gasteiger partial charge on any atom is -0.461 e. The van der Waals surface area contributed by atoms with Crippen LogP contribution >= 0.6 is 11.6 Å². The van der Waals surface area contributed by atoms with Crippen molar-refractivity contribution in [1.82, 2.24) is 0 Å². The summed E-state index contributed by atoms with van der Waals surface area (Å²) in [5, 5.41) is 9.70. The SMILES string of the molecule is CCOC(=O)C1=NN(c2ccc(Cl)cc2)C2c3cccc4cccc(c34)C12. The molecule has 4 nitrogen and oxygen atoms in total. The van der Waals surface area contributed by atoms with Gasteiger partial charge >= 0.3 is 5.97 Å². The molecule has 5 heteroatoms. The van der Waals surface area contributed by atoms with Crippen LogP contribution in [0.15, 0.2) is 65.8 Å². The van der Waals surface area contributed by atoms with Gasteiger partial charge in [0.2, 0.25) is 0 Å². The summed E-state index contributed by atoms with van der Waals surface area (Å²) < 4.78 is 5.31. The number of esters is 1. The van der Waals surface area contributed by atoms with Crippen LogP contribution < -0.4 is 5.01 Å². The van der Waals surface area contributed by atoms with Crippen LogP contribution in [0.3, 0.4) is 0 Å². The van der Waals surface area contributed by atoms with Crippen LogP contribution in [-0.2, 0) is 9.53 Å². The Morgan fingerprint density at radius 3 is 2.48 bits per heavy atom. The number of hydrazone groups is 1. The fourth-order valence-corrected chi connectivity index (χ4v) is 4.38. The molecule has 1 heterocycles. The topological polar surface area (TPSA) is 41.9 Å². The van der Waals surface area contributed by atoms with Crippen molar-refractivity contribution in [3.05, 3.63) is 76.8 Å². The molecule has 3 aromatic carbocycles. The van der Waals surface area contributed by atoms with E-state index in [1.807, 2.05) is 42.3 Å². The number of carbonyl (C=O) groups excluding carboxylic acids is 1. The molecule has 0 saturated carbocycles. The second-order valence-corrected chi connectivity index (χ2v) is 7.18. The van der Waals surface area contributed by atoms with Crippen LogP contribution in [0.4, 0.5) is 5.69 Å². The second-order valence-electron chi connectivity index (χ2n) is 6.74. The van der Waals surface area contributed by atoms with Gasteiger partial charge in [0.1, 0.15) is 0 Å². The molecular formula is C22H17ClN2O2. The Labute approximate surface area is 162 Å². The van der Waals surface area contributed by atoms with Crippen LogP contribution in [0.1, 0.15) is 30.0 Å². The first-order valence-corrected chi connectivity index (χ1v) is 9.39. The molecule has 0 bridgehead atoms. The van der Waals surface area contributed by atoms with E-state index in [2.05, 4.69) is 30.3 Å². The Kier molecular flexibility index (Phi) is 3.69. The van der Waals surface area contributed by atoms with E-state index in [1.54, 1.807) is 0 Å². The molecule has 0 spiro atoms. The molecule has 27 heavy (non-hydrogen) atoms. The third kappa shape index (κ3) is 2.37. The average molecular weight is 377 g/mol. The third-order valence-corrected chi connectivity index (χ3v) is 5.54. The highest BCUT2D eigenvalue weighted by atomic mass is 35.5. The van der Waals surface area contributed by atoms with Gasteiger partial charge in [0.05, 0.1) is 24.3 Å². The van der Waals surface area contributed by atoms with Crippen molar-refractivity contribution in [1.29, 1.82) is 0 Å². The summed E-state index contributed by atoms with van der Waals surface area (Å²) in [5.74, 6) is -0.491. The second kappa shape index (κ2) is 6.10. The van der Waals surface area contributed by atoms with E-state index in [1.165, 1.54) is 16.3 Å². The molecule has 1 aliphatic carbocycles. The van der Waals surface area contributed by atoms with E-state index in [0.29, 0.717) is 17.3 Å². The number of nitrogens with zero attached hydrogens (tertiary/aromatic N) is 2. The standard InChI is InChI=1S/C22H17ClN2O2/c1-2-27-22(26)20-19-16-7-3-5-13-6-4-8-17(18(13)16)21(19)25(24-20)15-11-9-14(23)10-12-15/h3-12,19,21H,2H2,1H3. The van der Waals surface area contributed by atoms with E-state index in [4.69, 9.17) is 21.4 Å². The predicted octanol–water partition coefficient (Wildman–Crippen LogP) is 5.07. The van der Waals surface area contributed by atoms with Crippen LogP contribution in [0.5, 0.6) is 0 Å². The van der Waals surface area contributed by atoms with Gasteiger partial charge < -0.3 is 4.74 Å². The molecule has 0 N–H and O–H groups in total. The van der Waals surface area contributed by atoms with Gasteiger partial charge in [0.15, 0.2) is 5.71 Å². The van der Waals surface area contributed by atoms with Gasteiger partial charge in [-0.05, 0) is 53.1 Å². The lowest BCUT2D eigenvalue weighted by atomic mass is 9.92. The monoisotopic (exact) mass is 376 g/mol. The molecule has 0 fully saturated rings. The van der Waals surface area contributed by atoms with Crippen LogP contribution in [0.2, 0.25) is 5.02 Å². The number of ether oxygens (including phenoxy) is 1. The normalized spacial score (nSPS) is 19.9. The number of fused-ring (bicyclic) bond motifs is 3. The Morgan fingerprint density at radius 2 is 1.78 bits per heavy atom. The molecule has 2 aliphatic rings. The predicted molar refractivity (Wildman–Crippen MR) is 107 cm³/mol. The lowest BCUT2D eigenvalue weighted by Crippen LogP contribution is -2.24. The summed E-state index contributed by atoms with van der Waals surface area (Å²) in [7, 11) is 0. The fraction of sp³-hybridized carbons (Fsp3) is 0.182. The molecule has 0 aromatic heterocycles. The van der Waals surface area contributed by atoms with E-state index < -0.39 is 0 Å². The summed E-state index contributed by atoms with van der Waals surface area (Å²) in [6.45, 7) is 2.14. The van der Waals surface area contributed by atoms with E-state index >= 15 is 0 Å². The highest BCUT2D eigenvalue weighted by molar-refractivity contribution is 6.40. The smallest absolute Gasteiger partial charge is 0.355 e. The van der Waals surface area contributed by atoms with Gasteiger partial charge in [-0.15, -0.1) is 0 Å². The van der Waals surface area contributed by atoms with Crippen molar-refractivity contribution in [2.75, 3.05) is 11.6 Å². The molecule has 3 aromatic rings. The number of carbonyl (C=O) groups is 1. The Bertz CT molecular complexity index is 1090. The fourth-order valence-electron chi connectivity index (χ4n) is 4.25. The maximum absolute atomic E-state index is 12.7. The van der Waals surface area contributed by atoms with Gasteiger partial charge in [0, 0.05) is 5.02 Å². The highest BCUT2D eigenvalue weighted by Crippen LogP contribution is 2.53. The van der Waals surface area contributed by atoms with Gasteiger partial charge in [-0.2, -0.15) is 5.10 Å². The number of rotatable bonds is 3. The highest BCUT2D eigenvalue weighted by Gasteiger charge is 2.48. The third-order valence-electron chi connectivity index (χ3n) is 5.29. The van der Waals surface area contributed by atoms with E-state index in [-0.39, 0.29) is 17.9 Å². The van der Waals surface area contributed by atoms with Crippen molar-refractivity contribution in [3.8, 4) is 0 Å². The van der Waals surface area contributed by atoms with Gasteiger partial charge in [-0.1, -0.05) is 48.0 Å². The molecule has 0 radical (unpaired) electrons. The molecule has 2 atom stereocenters. The Hall–Kier alpha value is -2.85. The first-order chi connectivity index (χ1) is 13.2. The van der Waals surface area contributed by atoms with Crippen LogP contribution in [-0.4, -0.2) is 18.3 Å².